The summed E-state index contributed by atoms with van der Waals surface area (Å²) in [6.45, 7) is 0.783. The fourth-order valence-electron chi connectivity index (χ4n) is 3.25. The molecule has 3 nitrogen and oxygen atoms in total. The monoisotopic (exact) mass is 296 g/mol. The van der Waals surface area contributed by atoms with Gasteiger partial charge in [-0.3, -0.25) is 0 Å². The van der Waals surface area contributed by atoms with Crippen molar-refractivity contribution in [1.82, 2.24) is 0 Å². The van der Waals surface area contributed by atoms with Gasteiger partial charge in [0.15, 0.2) is 0 Å². The van der Waals surface area contributed by atoms with Gasteiger partial charge in [0.25, 0.3) is 0 Å². The maximum atomic E-state index is 9.33. The molecule has 2 fully saturated rings. The van der Waals surface area contributed by atoms with Gasteiger partial charge < -0.3 is 14.6 Å². The molecule has 0 bridgehead atoms. The molecule has 2 aromatic carbocycles. The topological polar surface area (TPSA) is 42.0 Å². The minimum Gasteiger partial charge on any atom is -0.508 e. The third-order valence-electron chi connectivity index (χ3n) is 4.65. The van der Waals surface area contributed by atoms with Crippen molar-refractivity contribution in [3.63, 3.8) is 0 Å². The van der Waals surface area contributed by atoms with Crippen molar-refractivity contribution in [2.45, 2.75) is 31.5 Å². The van der Waals surface area contributed by atoms with Crippen LogP contribution < -0.4 is 4.74 Å². The lowest BCUT2D eigenvalue weighted by Crippen LogP contribution is -2.19. The van der Waals surface area contributed by atoms with Crippen molar-refractivity contribution in [2.75, 3.05) is 6.61 Å². The van der Waals surface area contributed by atoms with E-state index in [-0.39, 0.29) is 5.75 Å². The predicted molar refractivity (Wildman–Crippen MR) is 85.0 cm³/mol. The Kier molecular flexibility index (Phi) is 3.51. The van der Waals surface area contributed by atoms with Crippen LogP contribution in [-0.4, -0.2) is 23.9 Å². The Morgan fingerprint density at radius 2 is 1.59 bits per heavy atom. The second kappa shape index (κ2) is 5.65. The first-order chi connectivity index (χ1) is 10.8. The number of fused-ring (bicyclic) bond motifs is 1. The van der Waals surface area contributed by atoms with E-state index in [4.69, 9.17) is 9.47 Å². The summed E-state index contributed by atoms with van der Waals surface area (Å²) in [5.74, 6) is 1.83. The normalized spacial score (nSPS) is 26.3. The molecule has 1 aliphatic heterocycles. The molecule has 3 atom stereocenters. The van der Waals surface area contributed by atoms with Crippen molar-refractivity contribution < 1.29 is 14.6 Å². The van der Waals surface area contributed by atoms with Gasteiger partial charge >= 0.3 is 0 Å². The number of aromatic hydroxyl groups is 1. The molecule has 2 aliphatic rings. The first-order valence-electron chi connectivity index (χ1n) is 7.96. The van der Waals surface area contributed by atoms with Gasteiger partial charge in [-0.25, -0.2) is 0 Å². The summed E-state index contributed by atoms with van der Waals surface area (Å²) in [5.41, 5.74) is 2.22. The highest BCUT2D eigenvalue weighted by molar-refractivity contribution is 5.64. The van der Waals surface area contributed by atoms with Crippen molar-refractivity contribution >= 4 is 0 Å². The number of hydrogen-bond acceptors (Lipinski definition) is 3. The molecule has 1 aliphatic carbocycles. The van der Waals surface area contributed by atoms with Gasteiger partial charge in [0.1, 0.15) is 11.5 Å². The Balaban J connectivity index is 1.36. The van der Waals surface area contributed by atoms with E-state index in [2.05, 4.69) is 12.1 Å². The lowest BCUT2D eigenvalue weighted by molar-refractivity contribution is 0.217. The summed E-state index contributed by atoms with van der Waals surface area (Å²) in [6, 6.07) is 15.4. The fourth-order valence-corrected chi connectivity index (χ4v) is 3.25. The third kappa shape index (κ3) is 2.95. The van der Waals surface area contributed by atoms with Crippen molar-refractivity contribution in [2.24, 2.45) is 5.92 Å². The van der Waals surface area contributed by atoms with E-state index < -0.39 is 0 Å². The predicted octanol–water partition coefficient (Wildman–Crippen LogP) is 4.01. The van der Waals surface area contributed by atoms with Crippen LogP contribution >= 0.6 is 0 Å². The molecule has 0 amide bonds. The first-order valence-corrected chi connectivity index (χ1v) is 7.96. The van der Waals surface area contributed by atoms with Crippen LogP contribution in [-0.2, 0) is 4.74 Å². The van der Waals surface area contributed by atoms with E-state index in [1.54, 1.807) is 12.1 Å². The first kappa shape index (κ1) is 13.6. The Labute approximate surface area is 130 Å². The van der Waals surface area contributed by atoms with E-state index in [9.17, 15) is 5.11 Å². The zero-order valence-corrected chi connectivity index (χ0v) is 12.4. The molecule has 3 unspecified atom stereocenters. The van der Waals surface area contributed by atoms with Crippen molar-refractivity contribution in [3.05, 3.63) is 48.5 Å². The standard InChI is InChI=1S/C19H20O3/c20-16-6-2-14(3-7-16)15-4-8-17(9-5-15)21-12-13-1-10-18-19(11-13)22-18/h2-9,13,18-20H,1,10-12H2. The molecule has 0 aromatic heterocycles. The van der Waals surface area contributed by atoms with Crippen LogP contribution in [0, 0.1) is 5.92 Å². The number of epoxide rings is 1. The fraction of sp³-hybridized carbons (Fsp3) is 0.368. The third-order valence-corrected chi connectivity index (χ3v) is 4.65. The summed E-state index contributed by atoms with van der Waals surface area (Å²) in [4.78, 5) is 0. The van der Waals surface area contributed by atoms with Gasteiger partial charge in [0, 0.05) is 0 Å². The van der Waals surface area contributed by atoms with Crippen LogP contribution in [0.5, 0.6) is 11.5 Å². The van der Waals surface area contributed by atoms with Crippen molar-refractivity contribution in [1.29, 1.82) is 0 Å². The average molecular weight is 296 g/mol. The van der Waals surface area contributed by atoms with Crippen LogP contribution in [0.1, 0.15) is 19.3 Å². The van der Waals surface area contributed by atoms with Crippen LogP contribution in [0.4, 0.5) is 0 Å². The van der Waals surface area contributed by atoms with E-state index >= 15 is 0 Å². The Hall–Kier alpha value is -2.00. The summed E-state index contributed by atoms with van der Waals surface area (Å²) in [6.07, 6.45) is 4.63. The lowest BCUT2D eigenvalue weighted by Gasteiger charge is -2.19. The van der Waals surface area contributed by atoms with Gasteiger partial charge in [-0.05, 0) is 60.6 Å². The largest absolute Gasteiger partial charge is 0.508 e. The average Bonchev–Trinajstić information content (AvgIpc) is 3.33. The van der Waals surface area contributed by atoms with E-state index in [0.29, 0.717) is 18.1 Å². The maximum absolute atomic E-state index is 9.33. The van der Waals surface area contributed by atoms with Crippen molar-refractivity contribution in [3.8, 4) is 22.6 Å². The summed E-state index contributed by atoms with van der Waals surface area (Å²) in [7, 11) is 0. The van der Waals surface area contributed by atoms with Crippen LogP contribution in [0.2, 0.25) is 0 Å². The zero-order valence-electron chi connectivity index (χ0n) is 12.4. The summed E-state index contributed by atoms with van der Waals surface area (Å²) in [5, 5.41) is 9.33. The Bertz CT molecular complexity index is 633. The SMILES string of the molecule is Oc1ccc(-c2ccc(OCC3CCC4OC4C3)cc2)cc1. The molecule has 22 heavy (non-hydrogen) atoms. The highest BCUT2D eigenvalue weighted by Gasteiger charge is 2.43. The van der Waals surface area contributed by atoms with E-state index in [1.165, 1.54) is 12.8 Å². The lowest BCUT2D eigenvalue weighted by atomic mass is 9.90. The van der Waals surface area contributed by atoms with Crippen LogP contribution in [0.15, 0.2) is 48.5 Å². The van der Waals surface area contributed by atoms with E-state index in [0.717, 1.165) is 29.9 Å². The highest BCUT2D eigenvalue weighted by Crippen LogP contribution is 2.39. The number of ether oxygens (including phenoxy) is 2. The van der Waals surface area contributed by atoms with E-state index in [1.807, 2.05) is 24.3 Å². The molecular formula is C19H20O3. The minimum absolute atomic E-state index is 0.290. The highest BCUT2D eigenvalue weighted by atomic mass is 16.6. The molecule has 1 N–H and O–H groups in total. The zero-order chi connectivity index (χ0) is 14.9. The molecule has 0 spiro atoms. The van der Waals surface area contributed by atoms with Gasteiger partial charge in [-0.2, -0.15) is 0 Å². The van der Waals surface area contributed by atoms with Gasteiger partial charge in [0.05, 0.1) is 18.8 Å². The number of phenols is 1. The number of hydrogen-bond donors (Lipinski definition) is 1. The van der Waals surface area contributed by atoms with Crippen LogP contribution in [0.3, 0.4) is 0 Å². The number of benzene rings is 2. The summed E-state index contributed by atoms with van der Waals surface area (Å²) < 4.78 is 11.5. The van der Waals surface area contributed by atoms with Gasteiger partial charge in [-0.15, -0.1) is 0 Å². The molecule has 3 heteroatoms. The molecule has 1 saturated carbocycles. The quantitative estimate of drug-likeness (QED) is 0.867. The number of rotatable bonds is 4. The van der Waals surface area contributed by atoms with Crippen LogP contribution in [0.25, 0.3) is 11.1 Å². The molecule has 1 saturated heterocycles. The Morgan fingerprint density at radius 1 is 0.909 bits per heavy atom. The molecule has 0 radical (unpaired) electrons. The van der Waals surface area contributed by atoms with Gasteiger partial charge in [0.2, 0.25) is 0 Å². The smallest absolute Gasteiger partial charge is 0.119 e. The minimum atomic E-state index is 0.290. The molecule has 1 heterocycles. The second-order valence-corrected chi connectivity index (χ2v) is 6.27. The molecular weight excluding hydrogens is 276 g/mol. The molecule has 114 valence electrons. The second-order valence-electron chi connectivity index (χ2n) is 6.27. The van der Waals surface area contributed by atoms with Gasteiger partial charge in [-0.1, -0.05) is 24.3 Å². The molecule has 4 rings (SSSR count). The Morgan fingerprint density at radius 3 is 2.27 bits per heavy atom. The number of phenolic OH excluding ortho intramolecular Hbond substituents is 1. The summed E-state index contributed by atoms with van der Waals surface area (Å²) >= 11 is 0. The molecule has 2 aromatic rings. The maximum Gasteiger partial charge on any atom is 0.119 e.